The van der Waals surface area contributed by atoms with Crippen molar-refractivity contribution in [3.8, 4) is 10.8 Å². The fourth-order valence-electron chi connectivity index (χ4n) is 2.79. The number of aliphatic imine (C=N–C) groups is 1. The van der Waals surface area contributed by atoms with Gasteiger partial charge < -0.3 is 24.3 Å². The third-order valence-electron chi connectivity index (χ3n) is 4.11. The topological polar surface area (TPSA) is 83.2 Å². The highest BCUT2D eigenvalue weighted by Crippen LogP contribution is 2.23. The van der Waals surface area contributed by atoms with E-state index >= 15 is 0 Å². The van der Waals surface area contributed by atoms with Crippen LogP contribution in [-0.4, -0.2) is 66.2 Å². The van der Waals surface area contributed by atoms with Crippen LogP contribution < -0.4 is 5.32 Å². The third kappa shape index (κ3) is 5.00. The van der Waals surface area contributed by atoms with Crippen LogP contribution in [0.2, 0.25) is 0 Å². The van der Waals surface area contributed by atoms with Crippen molar-refractivity contribution < 1.29 is 13.9 Å². The number of piperazine rings is 1. The number of aromatic nitrogens is 1. The van der Waals surface area contributed by atoms with Crippen LogP contribution in [0.25, 0.3) is 10.8 Å². The minimum Gasteiger partial charge on any atom is -0.450 e. The van der Waals surface area contributed by atoms with Gasteiger partial charge in [0.15, 0.2) is 5.96 Å². The van der Waals surface area contributed by atoms with E-state index in [0.29, 0.717) is 45.2 Å². The number of amides is 1. The van der Waals surface area contributed by atoms with Gasteiger partial charge in [-0.05, 0) is 25.3 Å². The number of hydrogen-bond donors (Lipinski definition) is 1. The van der Waals surface area contributed by atoms with E-state index in [-0.39, 0.29) is 6.09 Å². The Morgan fingerprint density at radius 2 is 2.11 bits per heavy atom. The molecule has 9 heteroatoms. The molecular weight excluding hydrogens is 366 g/mol. The standard InChI is InChI=1S/C18H25N5O3S/c1-3-19-17(22-7-9-23(10-8-22)18(24)25-4-2)20-12-14-13-26-16(21-14)15-6-5-11-27-15/h5-6,11,13H,3-4,7-10,12H2,1-2H3,(H,19,20). The lowest BCUT2D eigenvalue weighted by Crippen LogP contribution is -2.53. The molecule has 0 radical (unpaired) electrons. The SMILES string of the molecule is CCNC(=NCc1coc(-c2cccs2)n1)N1CCN(C(=O)OCC)CC1. The number of rotatable bonds is 5. The molecule has 1 fully saturated rings. The fourth-order valence-corrected chi connectivity index (χ4v) is 3.45. The van der Waals surface area contributed by atoms with E-state index in [2.05, 4.69) is 20.2 Å². The molecule has 2 aromatic rings. The molecule has 0 unspecified atom stereocenters. The quantitative estimate of drug-likeness (QED) is 0.623. The maximum absolute atomic E-state index is 11.8. The molecule has 0 saturated carbocycles. The maximum Gasteiger partial charge on any atom is 0.409 e. The van der Waals surface area contributed by atoms with Gasteiger partial charge in [0.25, 0.3) is 0 Å². The van der Waals surface area contributed by atoms with Gasteiger partial charge in [-0.25, -0.2) is 14.8 Å². The first-order chi connectivity index (χ1) is 13.2. The van der Waals surface area contributed by atoms with Gasteiger partial charge in [-0.3, -0.25) is 0 Å². The smallest absolute Gasteiger partial charge is 0.409 e. The van der Waals surface area contributed by atoms with Gasteiger partial charge in [0, 0.05) is 32.7 Å². The molecule has 0 aliphatic carbocycles. The zero-order valence-corrected chi connectivity index (χ0v) is 16.5. The molecule has 0 bridgehead atoms. The van der Waals surface area contributed by atoms with E-state index < -0.39 is 0 Å². The molecule has 1 amide bonds. The first kappa shape index (κ1) is 19.2. The summed E-state index contributed by atoms with van der Waals surface area (Å²) in [6.07, 6.45) is 1.41. The zero-order chi connectivity index (χ0) is 19.1. The van der Waals surface area contributed by atoms with Gasteiger partial charge in [-0.1, -0.05) is 6.07 Å². The molecule has 146 valence electrons. The highest BCUT2D eigenvalue weighted by Gasteiger charge is 2.23. The van der Waals surface area contributed by atoms with Gasteiger partial charge >= 0.3 is 6.09 Å². The number of thiophene rings is 1. The number of carbonyl (C=O) groups is 1. The van der Waals surface area contributed by atoms with Crippen molar-refractivity contribution in [3.63, 3.8) is 0 Å². The number of carbonyl (C=O) groups excluding carboxylic acids is 1. The highest BCUT2D eigenvalue weighted by molar-refractivity contribution is 7.13. The normalized spacial score (nSPS) is 15.1. The van der Waals surface area contributed by atoms with E-state index in [1.165, 1.54) is 0 Å². The second-order valence-corrected chi connectivity index (χ2v) is 6.91. The Hall–Kier alpha value is -2.55. The lowest BCUT2D eigenvalue weighted by atomic mass is 10.3. The van der Waals surface area contributed by atoms with Gasteiger partial charge in [0.1, 0.15) is 12.0 Å². The van der Waals surface area contributed by atoms with E-state index in [1.54, 1.807) is 22.5 Å². The molecule has 27 heavy (non-hydrogen) atoms. The molecule has 3 heterocycles. The molecule has 1 N–H and O–H groups in total. The summed E-state index contributed by atoms with van der Waals surface area (Å²) in [5.74, 6) is 1.45. The highest BCUT2D eigenvalue weighted by atomic mass is 32.1. The number of guanidine groups is 1. The predicted octanol–water partition coefficient (Wildman–Crippen LogP) is 2.64. The van der Waals surface area contributed by atoms with Gasteiger partial charge in [-0.15, -0.1) is 11.3 Å². The average molecular weight is 391 g/mol. The molecule has 1 saturated heterocycles. The van der Waals surface area contributed by atoms with Crippen LogP contribution in [-0.2, 0) is 11.3 Å². The number of hydrogen-bond acceptors (Lipinski definition) is 6. The fraction of sp³-hybridized carbons (Fsp3) is 0.500. The molecule has 8 nitrogen and oxygen atoms in total. The molecule has 3 rings (SSSR count). The Kier molecular flexibility index (Phi) is 6.69. The Bertz CT molecular complexity index is 751. The lowest BCUT2D eigenvalue weighted by Gasteiger charge is -2.35. The van der Waals surface area contributed by atoms with Crippen molar-refractivity contribution >= 4 is 23.4 Å². The number of nitrogens with one attached hydrogen (secondary N) is 1. The minimum absolute atomic E-state index is 0.247. The van der Waals surface area contributed by atoms with Crippen LogP contribution in [0.5, 0.6) is 0 Å². The molecule has 0 spiro atoms. The monoisotopic (exact) mass is 391 g/mol. The Morgan fingerprint density at radius 1 is 1.33 bits per heavy atom. The van der Waals surface area contributed by atoms with E-state index in [1.807, 2.05) is 31.4 Å². The number of nitrogens with zero attached hydrogens (tertiary/aromatic N) is 4. The van der Waals surface area contributed by atoms with Gasteiger partial charge in [0.05, 0.1) is 18.0 Å². The van der Waals surface area contributed by atoms with Crippen molar-refractivity contribution in [1.82, 2.24) is 20.1 Å². The van der Waals surface area contributed by atoms with Crippen molar-refractivity contribution in [2.24, 2.45) is 4.99 Å². The maximum atomic E-state index is 11.8. The Labute approximate surface area is 162 Å². The van der Waals surface area contributed by atoms with Crippen LogP contribution in [0.4, 0.5) is 4.79 Å². The summed E-state index contributed by atoms with van der Waals surface area (Å²) < 4.78 is 10.6. The van der Waals surface area contributed by atoms with Crippen molar-refractivity contribution in [3.05, 3.63) is 29.5 Å². The summed E-state index contributed by atoms with van der Waals surface area (Å²) in [6, 6.07) is 3.96. The average Bonchev–Trinajstić information content (AvgIpc) is 3.37. The summed E-state index contributed by atoms with van der Waals surface area (Å²) in [4.78, 5) is 25.9. The molecule has 2 aromatic heterocycles. The first-order valence-electron chi connectivity index (χ1n) is 9.14. The molecule has 1 aliphatic rings. The van der Waals surface area contributed by atoms with Crippen LogP contribution >= 0.6 is 11.3 Å². The summed E-state index contributed by atoms with van der Waals surface area (Å²) in [5.41, 5.74) is 0.791. The van der Waals surface area contributed by atoms with E-state index in [0.717, 1.165) is 23.1 Å². The molecular formula is C18H25N5O3S. The number of ether oxygens (including phenoxy) is 1. The van der Waals surface area contributed by atoms with E-state index in [9.17, 15) is 4.79 Å². The summed E-state index contributed by atoms with van der Waals surface area (Å²) in [5, 5.41) is 5.31. The van der Waals surface area contributed by atoms with E-state index in [4.69, 9.17) is 9.15 Å². The molecule has 0 aromatic carbocycles. The largest absolute Gasteiger partial charge is 0.450 e. The van der Waals surface area contributed by atoms with Gasteiger partial charge in [-0.2, -0.15) is 0 Å². The van der Waals surface area contributed by atoms with Crippen molar-refractivity contribution in [2.75, 3.05) is 39.3 Å². The lowest BCUT2D eigenvalue weighted by molar-refractivity contribution is 0.0914. The zero-order valence-electron chi connectivity index (χ0n) is 15.7. The third-order valence-corrected chi connectivity index (χ3v) is 4.97. The molecule has 1 aliphatic heterocycles. The van der Waals surface area contributed by atoms with Crippen LogP contribution in [0.3, 0.4) is 0 Å². The summed E-state index contributed by atoms with van der Waals surface area (Å²) in [7, 11) is 0. The Balaban J connectivity index is 1.59. The predicted molar refractivity (Wildman–Crippen MR) is 105 cm³/mol. The second-order valence-electron chi connectivity index (χ2n) is 5.96. The van der Waals surface area contributed by atoms with Crippen molar-refractivity contribution in [1.29, 1.82) is 0 Å². The first-order valence-corrected chi connectivity index (χ1v) is 10.0. The number of oxazole rings is 1. The van der Waals surface area contributed by atoms with Crippen LogP contribution in [0.1, 0.15) is 19.5 Å². The molecule has 0 atom stereocenters. The van der Waals surface area contributed by atoms with Crippen molar-refractivity contribution in [2.45, 2.75) is 20.4 Å². The summed E-state index contributed by atoms with van der Waals surface area (Å²) in [6.45, 7) is 8.13. The van der Waals surface area contributed by atoms with Crippen LogP contribution in [0.15, 0.2) is 33.2 Å². The van der Waals surface area contributed by atoms with Crippen LogP contribution in [0, 0.1) is 0 Å². The Morgan fingerprint density at radius 3 is 2.78 bits per heavy atom. The minimum atomic E-state index is -0.247. The second kappa shape index (κ2) is 9.40. The van der Waals surface area contributed by atoms with Gasteiger partial charge in [0.2, 0.25) is 5.89 Å². The summed E-state index contributed by atoms with van der Waals surface area (Å²) >= 11 is 1.60.